The minimum absolute atomic E-state index is 0. The van der Waals surface area contributed by atoms with Crippen molar-refractivity contribution in [3.8, 4) is 0 Å². The molecule has 0 saturated carbocycles. The molecule has 33 heteroatoms. The summed E-state index contributed by atoms with van der Waals surface area (Å²) in [5.41, 5.74) is 5.43. The number of sulfonamides is 3. The number of carbonyl (C=O) groups is 3. The van der Waals surface area contributed by atoms with Crippen LogP contribution in [0.5, 0.6) is 0 Å². The van der Waals surface area contributed by atoms with Crippen molar-refractivity contribution in [3.63, 3.8) is 0 Å². The molecule has 5 saturated heterocycles. The van der Waals surface area contributed by atoms with Crippen LogP contribution >= 0.6 is 69.0 Å². The number of halogens is 4. The van der Waals surface area contributed by atoms with Gasteiger partial charge in [-0.05, 0) is 197 Å². The van der Waals surface area contributed by atoms with Crippen LogP contribution in [0.2, 0.25) is 15.1 Å². The van der Waals surface area contributed by atoms with Crippen LogP contribution in [0, 0.1) is 12.7 Å². The van der Waals surface area contributed by atoms with E-state index in [-0.39, 0.29) is 69.2 Å². The summed E-state index contributed by atoms with van der Waals surface area (Å²) >= 11 is 21.6. The number of ether oxygens (including phenoxy) is 1. The van der Waals surface area contributed by atoms with E-state index in [4.69, 9.17) is 39.5 Å². The molecule has 0 radical (unpaired) electrons. The third kappa shape index (κ3) is 15.7. The normalized spacial score (nSPS) is 20.6. The van der Waals surface area contributed by atoms with E-state index in [0.717, 1.165) is 71.4 Å². The van der Waals surface area contributed by atoms with Crippen LogP contribution < -0.4 is 33.8 Å². The molecule has 546 valence electrons. The van der Waals surface area contributed by atoms with Crippen molar-refractivity contribution in [1.82, 2.24) is 29.1 Å². The zero-order valence-electron chi connectivity index (χ0n) is 54.9. The van der Waals surface area contributed by atoms with Crippen LogP contribution in [0.15, 0.2) is 171 Å². The standard InChI is InChI=1S/C24H25ClN4O4S2.C24H25ClN4O3S2.C21H19ClFN5O3S2.6H2/c1-24(17-2-4-18(25)5-3-17)16-33-14-13-29(24)21-10-12-28(22(21)30)19-6-8-20(9-7-19)35(31,32)27-23-26-11-15-34-23;25-19-3-1-17(2-4-19)18-9-13-28(14-10-18)22-11-15-29(23(22)30)20-5-7-21(8-6-20)34(31,32)27-24-26-12-16-33-24;1-12-24-21(32-25-12)26-33(30,31)14-4-2-13(3-5-14)27-11-9-18(20(27)29)28-10-8-15-17(28)7-6-16(23)19(15)22;;;;;;/h2-9,11,15,21H,10,12-14,16H2,1H3,(H,26,27);1-8,12,16,18,22H,9-11,13-15H2,(H,26,27);2-7,18H,8-11H2,1H3,(H,24,25,26);6*1H/t21-,24?;22-;18-;;;;;;/m000....../s1. The van der Waals surface area contributed by atoms with Crippen molar-refractivity contribution < 1.29 is 57.3 Å². The summed E-state index contributed by atoms with van der Waals surface area (Å²) in [4.78, 5) is 63.9. The molecule has 6 aromatic carbocycles. The summed E-state index contributed by atoms with van der Waals surface area (Å²) in [7, 11) is -11.3. The van der Waals surface area contributed by atoms with Crippen LogP contribution in [-0.4, -0.2) is 149 Å². The summed E-state index contributed by atoms with van der Waals surface area (Å²) in [5.74, 6) is 0.533. The molecule has 0 aliphatic carbocycles. The molecule has 0 spiro atoms. The molecule has 1 unspecified atom stereocenters. The summed E-state index contributed by atoms with van der Waals surface area (Å²) in [5, 5.41) is 5.75. The number of rotatable bonds is 17. The molecular formula is C69H81Cl3FN13O10S6. The predicted octanol–water partition coefficient (Wildman–Crippen LogP) is 13.6. The third-order valence-electron chi connectivity index (χ3n) is 19.1. The number of nitrogens with one attached hydrogen (secondary N) is 3. The highest BCUT2D eigenvalue weighted by atomic mass is 35.5. The summed E-state index contributed by atoms with van der Waals surface area (Å²) in [6.07, 6.45) is 7.75. The van der Waals surface area contributed by atoms with Crippen LogP contribution in [0.1, 0.15) is 76.0 Å². The Balaban J connectivity index is 0.000000220. The molecule has 102 heavy (non-hydrogen) atoms. The van der Waals surface area contributed by atoms with Crippen LogP contribution in [0.3, 0.4) is 0 Å². The average Bonchev–Trinajstić information content (AvgIpc) is 1.49. The fourth-order valence-corrected chi connectivity index (χ4v) is 19.8. The number of likely N-dealkylation sites (tertiary alicyclic amines) is 1. The second-order valence-electron chi connectivity index (χ2n) is 25.2. The summed E-state index contributed by atoms with van der Waals surface area (Å²) in [6.45, 7) is 9.51. The molecule has 6 aliphatic rings. The number of aromatic nitrogens is 4. The maximum absolute atomic E-state index is 13.8. The topological polar surface area (TPSA) is 270 Å². The lowest BCUT2D eigenvalue weighted by Gasteiger charge is -2.47. The highest BCUT2D eigenvalue weighted by Gasteiger charge is 2.47. The molecule has 4 atom stereocenters. The number of anilines is 7. The molecule has 9 heterocycles. The Morgan fingerprint density at radius 3 is 1.52 bits per heavy atom. The number of hydrogen-bond donors (Lipinski definition) is 3. The number of thiazole rings is 2. The molecule has 3 aromatic heterocycles. The van der Waals surface area contributed by atoms with Gasteiger partial charge in [-0.15, -0.1) is 22.7 Å². The monoisotopic (exact) mass is 1570 g/mol. The second-order valence-corrected chi connectivity index (χ2v) is 34.0. The van der Waals surface area contributed by atoms with Gasteiger partial charge in [0.1, 0.15) is 17.7 Å². The second kappa shape index (κ2) is 30.5. The van der Waals surface area contributed by atoms with E-state index in [9.17, 15) is 44.0 Å². The van der Waals surface area contributed by atoms with Gasteiger partial charge in [0, 0.05) is 109 Å². The molecule has 3 N–H and O–H groups in total. The average molecular weight is 1570 g/mol. The molecular weight excluding hydrogens is 1490 g/mol. The SMILES string of the molecule is CC1(c2ccc(Cl)cc2)COCCN1[C@H]1CCN(c2ccc(S(=O)(=O)Nc3nccs3)cc2)C1=O.Cc1nsc(NS(=O)(=O)c2ccc(N3CC[C@H](N4CCc5c4ccc(F)c5Cl)C3=O)cc2)n1.O=C1[C@@H](N2CCC(c3ccc(Cl)cc3)CC2)CCN1c1ccc(S(=O)(=O)Nc2nccs2)cc1.[HH].[HH].[HH].[HH].[HH].[HH]. The van der Waals surface area contributed by atoms with E-state index in [1.165, 1.54) is 76.9 Å². The minimum Gasteiger partial charge on any atom is -0.378 e. The van der Waals surface area contributed by atoms with Gasteiger partial charge in [-0.2, -0.15) is 4.37 Å². The number of piperidine rings is 1. The molecule has 3 amide bonds. The number of benzene rings is 6. The molecule has 5 fully saturated rings. The smallest absolute Gasteiger partial charge is 0.263 e. The predicted molar refractivity (Wildman–Crippen MR) is 409 cm³/mol. The maximum Gasteiger partial charge on any atom is 0.263 e. The highest BCUT2D eigenvalue weighted by molar-refractivity contribution is 7.93. The first-order valence-electron chi connectivity index (χ1n) is 32.7. The van der Waals surface area contributed by atoms with E-state index >= 15 is 0 Å². The molecule has 15 rings (SSSR count). The van der Waals surface area contributed by atoms with Crippen molar-refractivity contribution in [2.75, 3.05) is 92.8 Å². The number of amides is 3. The Morgan fingerprint density at radius 2 is 1.03 bits per heavy atom. The van der Waals surface area contributed by atoms with Crippen LogP contribution in [-0.2, 0) is 61.2 Å². The third-order valence-corrected chi connectivity index (χ3v) is 26.5. The van der Waals surface area contributed by atoms with E-state index < -0.39 is 41.4 Å². The lowest BCUT2D eigenvalue weighted by molar-refractivity contribution is -0.132. The maximum atomic E-state index is 13.8. The van der Waals surface area contributed by atoms with E-state index in [0.29, 0.717) is 104 Å². The van der Waals surface area contributed by atoms with Crippen molar-refractivity contribution in [2.24, 2.45) is 0 Å². The van der Waals surface area contributed by atoms with Crippen molar-refractivity contribution >= 4 is 155 Å². The first kappa shape index (κ1) is 72.6. The van der Waals surface area contributed by atoms with E-state index in [2.05, 4.69) is 62.3 Å². The number of nitrogens with zero attached hydrogens (tertiary/aromatic N) is 10. The Morgan fingerprint density at radius 1 is 0.559 bits per heavy atom. The Hall–Kier alpha value is -7.72. The lowest BCUT2D eigenvalue weighted by atomic mass is 9.88. The number of aryl methyl sites for hydroxylation is 1. The van der Waals surface area contributed by atoms with Gasteiger partial charge in [0.15, 0.2) is 10.3 Å². The molecule has 9 aromatic rings. The van der Waals surface area contributed by atoms with Crippen molar-refractivity contribution in [2.45, 2.75) is 96.6 Å². The summed E-state index contributed by atoms with van der Waals surface area (Å²) < 4.78 is 107. The minimum atomic E-state index is -3.82. The van der Waals surface area contributed by atoms with Gasteiger partial charge < -0.3 is 24.3 Å². The van der Waals surface area contributed by atoms with Gasteiger partial charge in [-0.25, -0.2) is 44.6 Å². The molecule has 0 bridgehead atoms. The van der Waals surface area contributed by atoms with E-state index in [1.54, 1.807) is 81.0 Å². The quantitative estimate of drug-likeness (QED) is 0.0764. The first-order chi connectivity index (χ1) is 48.9. The first-order valence-corrected chi connectivity index (χ1v) is 40.8. The van der Waals surface area contributed by atoms with Gasteiger partial charge >= 0.3 is 0 Å². The fraction of sp³-hybridized carbons (Fsp3) is 0.319. The number of hydrogen-bond acceptors (Lipinski definition) is 20. The number of carbonyl (C=O) groups excluding carboxylic acids is 3. The summed E-state index contributed by atoms with van der Waals surface area (Å²) in [6, 6.07) is 36.9. The van der Waals surface area contributed by atoms with Gasteiger partial charge in [0.25, 0.3) is 30.1 Å². The number of morpholine rings is 1. The molecule has 23 nitrogen and oxygen atoms in total. The lowest BCUT2D eigenvalue weighted by Crippen LogP contribution is -2.58. The van der Waals surface area contributed by atoms with Gasteiger partial charge in [0.05, 0.1) is 50.5 Å². The molecule has 6 aliphatic heterocycles. The largest absolute Gasteiger partial charge is 0.378 e. The number of fused-ring (bicyclic) bond motifs is 1. The van der Waals surface area contributed by atoms with Gasteiger partial charge in [-0.1, -0.05) is 59.1 Å². The van der Waals surface area contributed by atoms with Crippen LogP contribution in [0.4, 0.5) is 42.5 Å². The van der Waals surface area contributed by atoms with Crippen LogP contribution in [0.25, 0.3) is 0 Å². The Bertz CT molecular complexity index is 4890. The zero-order valence-corrected chi connectivity index (χ0v) is 62.1. The zero-order chi connectivity index (χ0) is 71.7. The van der Waals surface area contributed by atoms with E-state index in [1.807, 2.05) is 41.3 Å². The van der Waals surface area contributed by atoms with Gasteiger partial charge in [-0.3, -0.25) is 38.3 Å². The van der Waals surface area contributed by atoms with Crippen molar-refractivity contribution in [3.05, 3.63) is 200 Å². The Labute approximate surface area is 626 Å². The van der Waals surface area contributed by atoms with Gasteiger partial charge in [0.2, 0.25) is 22.9 Å². The van der Waals surface area contributed by atoms with Crippen molar-refractivity contribution in [1.29, 1.82) is 0 Å². The Kier molecular flexibility index (Phi) is 21.7. The fourth-order valence-electron chi connectivity index (χ4n) is 13.9. The highest BCUT2D eigenvalue weighted by Crippen LogP contribution is 2.41.